The highest BCUT2D eigenvalue weighted by Gasteiger charge is 2.14. The van der Waals surface area contributed by atoms with Crippen LogP contribution in [0, 0.1) is 6.92 Å². The molecule has 1 aromatic heterocycles. The van der Waals surface area contributed by atoms with E-state index >= 15 is 0 Å². The minimum atomic E-state index is 0.0781. The van der Waals surface area contributed by atoms with Crippen LogP contribution in [0.25, 0.3) is 0 Å². The Kier molecular flexibility index (Phi) is 7.31. The van der Waals surface area contributed by atoms with Crippen LogP contribution in [0.15, 0.2) is 29.4 Å². The molecule has 2 rings (SSSR count). The third-order valence-corrected chi connectivity index (χ3v) is 4.81. The van der Waals surface area contributed by atoms with Gasteiger partial charge in [-0.15, -0.1) is 10.2 Å². The number of carbonyl (C=O) groups is 1. The Morgan fingerprint density at radius 1 is 1.24 bits per heavy atom. The summed E-state index contributed by atoms with van der Waals surface area (Å²) in [6.45, 7) is 5.72. The molecule has 0 aliphatic heterocycles. The summed E-state index contributed by atoms with van der Waals surface area (Å²) in [5.41, 5.74) is 2.30. The number of anilines is 1. The maximum Gasteiger partial charge on any atom is 0.232 e. The van der Waals surface area contributed by atoms with Gasteiger partial charge in [0.1, 0.15) is 0 Å². The Morgan fingerprint density at radius 2 is 1.96 bits per heavy atom. The van der Waals surface area contributed by atoms with Crippen molar-refractivity contribution in [2.75, 3.05) is 25.2 Å². The molecule has 1 heterocycles. The third kappa shape index (κ3) is 5.77. The summed E-state index contributed by atoms with van der Waals surface area (Å²) in [7, 11) is 3.53. The molecule has 1 aromatic carbocycles. The normalized spacial score (nSPS) is 10.7. The van der Waals surface area contributed by atoms with E-state index in [0.717, 1.165) is 36.1 Å². The van der Waals surface area contributed by atoms with Crippen LogP contribution in [-0.4, -0.2) is 45.4 Å². The first-order chi connectivity index (χ1) is 12.0. The molecule has 0 unspecified atom stereocenters. The first-order valence-electron chi connectivity index (χ1n) is 8.56. The quantitative estimate of drug-likeness (QED) is 0.695. The number of nitrogens with zero attached hydrogens (tertiary/aromatic N) is 4. The molecule has 7 heteroatoms. The van der Waals surface area contributed by atoms with Crippen LogP contribution in [0.3, 0.4) is 0 Å². The topological polar surface area (TPSA) is 63.1 Å². The second kappa shape index (κ2) is 9.46. The highest BCUT2D eigenvalue weighted by Crippen LogP contribution is 2.19. The molecule has 0 spiro atoms. The molecule has 0 radical (unpaired) electrons. The predicted octanol–water partition coefficient (Wildman–Crippen LogP) is 3.18. The lowest BCUT2D eigenvalue weighted by Gasteiger charge is -2.12. The lowest BCUT2D eigenvalue weighted by molar-refractivity contribution is -0.125. The minimum absolute atomic E-state index is 0.0781. The molecule has 0 aliphatic carbocycles. The molecule has 0 saturated heterocycles. The summed E-state index contributed by atoms with van der Waals surface area (Å²) >= 11 is 1.45. The van der Waals surface area contributed by atoms with Crippen molar-refractivity contribution < 1.29 is 4.79 Å². The van der Waals surface area contributed by atoms with Gasteiger partial charge in [0.15, 0.2) is 11.0 Å². The van der Waals surface area contributed by atoms with Gasteiger partial charge in [0.25, 0.3) is 0 Å². The molecule has 6 nitrogen and oxygen atoms in total. The number of thioether (sulfide) groups is 1. The Morgan fingerprint density at radius 3 is 2.60 bits per heavy atom. The highest BCUT2D eigenvalue weighted by atomic mass is 32.2. The first kappa shape index (κ1) is 19.3. The van der Waals surface area contributed by atoms with Crippen molar-refractivity contribution in [1.29, 1.82) is 0 Å². The lowest BCUT2D eigenvalue weighted by Crippen LogP contribution is -2.23. The van der Waals surface area contributed by atoms with E-state index in [1.807, 2.05) is 0 Å². The number of hydrogen-bond acceptors (Lipinski definition) is 5. The van der Waals surface area contributed by atoms with E-state index in [9.17, 15) is 4.79 Å². The fourth-order valence-corrected chi connectivity index (χ4v) is 3.17. The van der Waals surface area contributed by atoms with Gasteiger partial charge in [0.2, 0.25) is 5.91 Å². The van der Waals surface area contributed by atoms with Gasteiger partial charge in [-0.3, -0.25) is 4.79 Å². The first-order valence-corrected chi connectivity index (χ1v) is 9.55. The van der Waals surface area contributed by atoms with E-state index < -0.39 is 0 Å². The van der Waals surface area contributed by atoms with Gasteiger partial charge in [-0.1, -0.05) is 42.8 Å². The van der Waals surface area contributed by atoms with E-state index in [2.05, 4.69) is 58.2 Å². The third-order valence-electron chi connectivity index (χ3n) is 3.85. The Balaban J connectivity index is 2.05. The maximum absolute atomic E-state index is 11.8. The van der Waals surface area contributed by atoms with E-state index in [4.69, 9.17) is 0 Å². The molecule has 0 saturated carbocycles. The summed E-state index contributed by atoms with van der Waals surface area (Å²) in [6, 6.07) is 8.29. The van der Waals surface area contributed by atoms with E-state index in [0.29, 0.717) is 12.3 Å². The van der Waals surface area contributed by atoms with Crippen molar-refractivity contribution in [3.05, 3.63) is 35.7 Å². The largest absolute Gasteiger partial charge is 0.378 e. The molecule has 136 valence electrons. The average molecular weight is 362 g/mol. The van der Waals surface area contributed by atoms with Gasteiger partial charge in [0, 0.05) is 26.3 Å². The van der Waals surface area contributed by atoms with Gasteiger partial charge in [0.05, 0.1) is 12.3 Å². The molecule has 0 aliphatic rings. The van der Waals surface area contributed by atoms with Crippen LogP contribution in [0.5, 0.6) is 0 Å². The van der Waals surface area contributed by atoms with E-state index in [1.54, 1.807) is 19.0 Å². The number of unbranched alkanes of at least 4 members (excludes halogenated alkanes) is 1. The van der Waals surface area contributed by atoms with Crippen LogP contribution < -0.4 is 5.32 Å². The molecule has 0 bridgehead atoms. The fraction of sp³-hybridized carbons (Fsp3) is 0.500. The predicted molar refractivity (Wildman–Crippen MR) is 103 cm³/mol. The van der Waals surface area contributed by atoms with Crippen molar-refractivity contribution in [2.24, 2.45) is 0 Å². The Labute approximate surface area is 154 Å². The summed E-state index contributed by atoms with van der Waals surface area (Å²) < 4.78 is 2.12. The number of aryl methyl sites for hydroxylation is 1. The molecular formula is C18H27N5OS. The SMILES string of the molecule is CCCCn1c(CNc2ccc(C)cc2)nnc1SCC(=O)N(C)C. The number of benzene rings is 1. The van der Waals surface area contributed by atoms with Gasteiger partial charge < -0.3 is 14.8 Å². The summed E-state index contributed by atoms with van der Waals surface area (Å²) in [5, 5.41) is 12.8. The highest BCUT2D eigenvalue weighted by molar-refractivity contribution is 7.99. The van der Waals surface area contributed by atoms with E-state index in [-0.39, 0.29) is 5.91 Å². The van der Waals surface area contributed by atoms with Crippen LogP contribution in [-0.2, 0) is 17.9 Å². The monoisotopic (exact) mass is 361 g/mol. The maximum atomic E-state index is 11.8. The minimum Gasteiger partial charge on any atom is -0.378 e. The number of nitrogens with one attached hydrogen (secondary N) is 1. The van der Waals surface area contributed by atoms with Crippen molar-refractivity contribution in [2.45, 2.75) is 44.9 Å². The van der Waals surface area contributed by atoms with Crippen LogP contribution in [0.4, 0.5) is 5.69 Å². The van der Waals surface area contributed by atoms with Gasteiger partial charge in [-0.2, -0.15) is 0 Å². The standard InChI is InChI=1S/C18H27N5OS/c1-5-6-11-23-16(12-19-15-9-7-14(2)8-10-15)20-21-18(23)25-13-17(24)22(3)4/h7-10,19H,5-6,11-13H2,1-4H3. The zero-order valence-corrected chi connectivity index (χ0v) is 16.3. The molecular weight excluding hydrogens is 334 g/mol. The molecule has 0 fully saturated rings. The zero-order chi connectivity index (χ0) is 18.2. The van der Waals surface area contributed by atoms with Crippen molar-refractivity contribution in [1.82, 2.24) is 19.7 Å². The number of rotatable bonds is 9. The summed E-state index contributed by atoms with van der Waals surface area (Å²) in [5.74, 6) is 1.35. The van der Waals surface area contributed by atoms with E-state index in [1.165, 1.54) is 17.3 Å². The number of aromatic nitrogens is 3. The molecule has 25 heavy (non-hydrogen) atoms. The smallest absolute Gasteiger partial charge is 0.232 e. The zero-order valence-electron chi connectivity index (χ0n) is 15.5. The average Bonchev–Trinajstić information content (AvgIpc) is 2.99. The van der Waals surface area contributed by atoms with Crippen molar-refractivity contribution in [3.8, 4) is 0 Å². The second-order valence-electron chi connectivity index (χ2n) is 6.20. The van der Waals surface area contributed by atoms with Crippen LogP contribution in [0.2, 0.25) is 0 Å². The van der Waals surface area contributed by atoms with Crippen LogP contribution >= 0.6 is 11.8 Å². The number of hydrogen-bond donors (Lipinski definition) is 1. The van der Waals surface area contributed by atoms with Crippen molar-refractivity contribution >= 4 is 23.4 Å². The lowest BCUT2D eigenvalue weighted by atomic mass is 10.2. The van der Waals surface area contributed by atoms with Crippen molar-refractivity contribution in [3.63, 3.8) is 0 Å². The number of carbonyl (C=O) groups excluding carboxylic acids is 1. The van der Waals surface area contributed by atoms with Gasteiger partial charge in [-0.05, 0) is 25.5 Å². The van der Waals surface area contributed by atoms with Crippen LogP contribution in [0.1, 0.15) is 31.2 Å². The Hall–Kier alpha value is -2.02. The number of amides is 1. The molecule has 1 amide bonds. The van der Waals surface area contributed by atoms with Gasteiger partial charge in [-0.25, -0.2) is 0 Å². The van der Waals surface area contributed by atoms with Gasteiger partial charge >= 0.3 is 0 Å². The summed E-state index contributed by atoms with van der Waals surface area (Å²) in [4.78, 5) is 13.4. The Bertz CT molecular complexity index is 681. The molecule has 2 aromatic rings. The molecule has 0 atom stereocenters. The summed E-state index contributed by atoms with van der Waals surface area (Å²) in [6.07, 6.45) is 2.16. The second-order valence-corrected chi connectivity index (χ2v) is 7.14. The fourth-order valence-electron chi connectivity index (χ4n) is 2.21. The molecule has 1 N–H and O–H groups in total.